The van der Waals surface area contributed by atoms with Gasteiger partial charge in [-0.2, -0.15) is 0 Å². The SMILES string of the molecule is c1cnc2[nH]c(-c3ccncc3)c(CN3CCCCCC3)c2c1. The van der Waals surface area contributed by atoms with Crippen molar-refractivity contribution in [1.82, 2.24) is 19.9 Å². The maximum absolute atomic E-state index is 4.51. The second kappa shape index (κ2) is 6.50. The van der Waals surface area contributed by atoms with Crippen LogP contribution in [0, 0.1) is 0 Å². The zero-order valence-corrected chi connectivity index (χ0v) is 13.3. The molecule has 1 aliphatic heterocycles. The van der Waals surface area contributed by atoms with E-state index in [9.17, 15) is 0 Å². The first-order chi connectivity index (χ1) is 11.4. The molecule has 4 heteroatoms. The van der Waals surface area contributed by atoms with E-state index in [1.165, 1.54) is 61.0 Å². The molecule has 0 spiro atoms. The molecule has 1 saturated heterocycles. The van der Waals surface area contributed by atoms with E-state index in [1.54, 1.807) is 0 Å². The molecule has 4 nitrogen and oxygen atoms in total. The van der Waals surface area contributed by atoms with E-state index in [0.717, 1.165) is 12.2 Å². The molecule has 0 aromatic carbocycles. The van der Waals surface area contributed by atoms with Crippen LogP contribution in [0.25, 0.3) is 22.3 Å². The summed E-state index contributed by atoms with van der Waals surface area (Å²) >= 11 is 0. The Balaban J connectivity index is 1.76. The fourth-order valence-electron chi connectivity index (χ4n) is 3.52. The molecule has 3 aromatic heterocycles. The van der Waals surface area contributed by atoms with Crippen molar-refractivity contribution >= 4 is 11.0 Å². The van der Waals surface area contributed by atoms with Crippen LogP contribution < -0.4 is 0 Å². The first kappa shape index (κ1) is 14.4. The van der Waals surface area contributed by atoms with Crippen molar-refractivity contribution in [2.45, 2.75) is 32.2 Å². The third kappa shape index (κ3) is 2.99. The quantitative estimate of drug-likeness (QED) is 0.795. The van der Waals surface area contributed by atoms with Crippen molar-refractivity contribution in [2.75, 3.05) is 13.1 Å². The number of nitrogens with zero attached hydrogens (tertiary/aromatic N) is 3. The highest BCUT2D eigenvalue weighted by atomic mass is 15.1. The summed E-state index contributed by atoms with van der Waals surface area (Å²) in [6.45, 7) is 3.38. The van der Waals surface area contributed by atoms with Crippen molar-refractivity contribution in [2.24, 2.45) is 0 Å². The summed E-state index contributed by atoms with van der Waals surface area (Å²) in [5.41, 5.74) is 4.71. The zero-order chi connectivity index (χ0) is 15.5. The van der Waals surface area contributed by atoms with Gasteiger partial charge >= 0.3 is 0 Å². The molecule has 3 aromatic rings. The molecule has 4 rings (SSSR count). The van der Waals surface area contributed by atoms with Crippen molar-refractivity contribution in [3.63, 3.8) is 0 Å². The van der Waals surface area contributed by atoms with Crippen LogP contribution in [0.4, 0.5) is 0 Å². The van der Waals surface area contributed by atoms with Crippen LogP contribution in [0.1, 0.15) is 31.2 Å². The van der Waals surface area contributed by atoms with Gasteiger partial charge in [-0.15, -0.1) is 0 Å². The molecule has 4 heterocycles. The molecule has 0 unspecified atom stereocenters. The van der Waals surface area contributed by atoms with Crippen molar-refractivity contribution in [3.05, 3.63) is 48.4 Å². The summed E-state index contributed by atoms with van der Waals surface area (Å²) in [7, 11) is 0. The Morgan fingerprint density at radius 3 is 2.52 bits per heavy atom. The molecule has 0 amide bonds. The highest BCUT2D eigenvalue weighted by molar-refractivity contribution is 5.88. The Kier molecular flexibility index (Phi) is 4.07. The maximum Gasteiger partial charge on any atom is 0.138 e. The molecular weight excluding hydrogens is 284 g/mol. The van der Waals surface area contributed by atoms with E-state index in [4.69, 9.17) is 0 Å². The summed E-state index contributed by atoms with van der Waals surface area (Å²) in [6.07, 6.45) is 10.9. The lowest BCUT2D eigenvalue weighted by Crippen LogP contribution is -2.24. The van der Waals surface area contributed by atoms with Gasteiger partial charge in [0, 0.05) is 41.6 Å². The van der Waals surface area contributed by atoms with E-state index in [-0.39, 0.29) is 0 Å². The predicted octanol–water partition coefficient (Wildman–Crippen LogP) is 4.00. The zero-order valence-electron chi connectivity index (χ0n) is 13.3. The van der Waals surface area contributed by atoms with Gasteiger partial charge in [-0.05, 0) is 50.2 Å². The Hall–Kier alpha value is -2.20. The van der Waals surface area contributed by atoms with Gasteiger partial charge in [-0.1, -0.05) is 12.8 Å². The normalized spacial score (nSPS) is 16.5. The van der Waals surface area contributed by atoms with Crippen molar-refractivity contribution in [1.29, 1.82) is 0 Å². The number of rotatable bonds is 3. The Morgan fingerprint density at radius 2 is 1.74 bits per heavy atom. The van der Waals surface area contributed by atoms with Crippen LogP contribution >= 0.6 is 0 Å². The van der Waals surface area contributed by atoms with Crippen LogP contribution in [0.3, 0.4) is 0 Å². The number of fused-ring (bicyclic) bond motifs is 1. The Bertz CT molecular complexity index is 770. The molecule has 1 N–H and O–H groups in total. The minimum Gasteiger partial charge on any atom is -0.339 e. The minimum absolute atomic E-state index is 0.976. The second-order valence-electron chi connectivity index (χ2n) is 6.30. The standard InChI is InChI=1S/C19H22N4/c1-2-4-13-23(12-3-1)14-17-16-6-5-9-21-19(16)22-18(17)15-7-10-20-11-8-15/h5-11H,1-4,12-14H2,(H,21,22). The van der Waals surface area contributed by atoms with Crippen LogP contribution in [-0.2, 0) is 6.54 Å². The van der Waals surface area contributed by atoms with Crippen LogP contribution in [-0.4, -0.2) is 32.9 Å². The van der Waals surface area contributed by atoms with Gasteiger partial charge in [-0.3, -0.25) is 9.88 Å². The van der Waals surface area contributed by atoms with Crippen LogP contribution in [0.15, 0.2) is 42.9 Å². The largest absolute Gasteiger partial charge is 0.339 e. The van der Waals surface area contributed by atoms with Gasteiger partial charge in [0.2, 0.25) is 0 Å². The van der Waals surface area contributed by atoms with Gasteiger partial charge in [0.25, 0.3) is 0 Å². The van der Waals surface area contributed by atoms with E-state index in [2.05, 4.69) is 38.1 Å². The topological polar surface area (TPSA) is 44.8 Å². The molecule has 0 saturated carbocycles. The summed E-state index contributed by atoms with van der Waals surface area (Å²) in [6, 6.07) is 8.34. The molecule has 23 heavy (non-hydrogen) atoms. The van der Waals surface area contributed by atoms with Gasteiger partial charge in [0.1, 0.15) is 5.65 Å². The molecule has 0 radical (unpaired) electrons. The summed E-state index contributed by atoms with van der Waals surface area (Å²) in [5.74, 6) is 0. The minimum atomic E-state index is 0.976. The highest BCUT2D eigenvalue weighted by Crippen LogP contribution is 2.30. The number of aromatic amines is 1. The maximum atomic E-state index is 4.51. The third-order valence-corrected chi connectivity index (χ3v) is 4.73. The van der Waals surface area contributed by atoms with Gasteiger partial charge in [0.05, 0.1) is 5.69 Å². The van der Waals surface area contributed by atoms with E-state index in [0.29, 0.717) is 0 Å². The first-order valence-electron chi connectivity index (χ1n) is 8.50. The summed E-state index contributed by atoms with van der Waals surface area (Å²) in [4.78, 5) is 14.8. The Labute approximate surface area is 136 Å². The molecule has 118 valence electrons. The monoisotopic (exact) mass is 306 g/mol. The number of likely N-dealkylation sites (tertiary alicyclic amines) is 1. The third-order valence-electron chi connectivity index (χ3n) is 4.73. The van der Waals surface area contributed by atoms with E-state index < -0.39 is 0 Å². The number of H-pyrrole nitrogens is 1. The lowest BCUT2D eigenvalue weighted by atomic mass is 10.1. The Morgan fingerprint density at radius 1 is 0.957 bits per heavy atom. The molecule has 1 aliphatic rings. The number of hydrogen-bond donors (Lipinski definition) is 1. The lowest BCUT2D eigenvalue weighted by Gasteiger charge is -2.20. The lowest BCUT2D eigenvalue weighted by molar-refractivity contribution is 0.278. The average molecular weight is 306 g/mol. The van der Waals surface area contributed by atoms with Gasteiger partial charge < -0.3 is 4.98 Å². The van der Waals surface area contributed by atoms with E-state index >= 15 is 0 Å². The fraction of sp³-hybridized carbons (Fsp3) is 0.368. The number of pyridine rings is 2. The number of hydrogen-bond acceptors (Lipinski definition) is 3. The van der Waals surface area contributed by atoms with Crippen molar-refractivity contribution in [3.8, 4) is 11.3 Å². The molecule has 0 atom stereocenters. The number of nitrogens with one attached hydrogen (secondary N) is 1. The summed E-state index contributed by atoms with van der Waals surface area (Å²) in [5, 5.41) is 1.24. The smallest absolute Gasteiger partial charge is 0.138 e. The van der Waals surface area contributed by atoms with Crippen LogP contribution in [0.2, 0.25) is 0 Å². The highest BCUT2D eigenvalue weighted by Gasteiger charge is 2.17. The molecule has 0 bridgehead atoms. The van der Waals surface area contributed by atoms with Crippen LogP contribution in [0.5, 0.6) is 0 Å². The predicted molar refractivity (Wildman–Crippen MR) is 93.1 cm³/mol. The van der Waals surface area contributed by atoms with Crippen molar-refractivity contribution < 1.29 is 0 Å². The fourth-order valence-corrected chi connectivity index (χ4v) is 3.52. The van der Waals surface area contributed by atoms with Gasteiger partial charge in [0.15, 0.2) is 0 Å². The molecule has 0 aliphatic carbocycles. The first-order valence-corrected chi connectivity index (χ1v) is 8.50. The van der Waals surface area contributed by atoms with E-state index in [1.807, 2.05) is 24.7 Å². The molecular formula is C19H22N4. The second-order valence-corrected chi connectivity index (χ2v) is 6.30. The van der Waals surface area contributed by atoms with Gasteiger partial charge in [-0.25, -0.2) is 4.98 Å². The average Bonchev–Trinajstić information content (AvgIpc) is 2.78. The molecule has 1 fully saturated rings. The summed E-state index contributed by atoms with van der Waals surface area (Å²) < 4.78 is 0. The number of aromatic nitrogens is 3.